The zero-order valence-electron chi connectivity index (χ0n) is 17.0. The number of fused-ring (bicyclic) bond motifs is 1. The third kappa shape index (κ3) is 3.99. The molecule has 1 fully saturated rings. The summed E-state index contributed by atoms with van der Waals surface area (Å²) < 4.78 is 0. The van der Waals surface area contributed by atoms with Crippen LogP contribution in [0, 0.1) is 0 Å². The average Bonchev–Trinajstić information content (AvgIpc) is 3.26. The van der Waals surface area contributed by atoms with Crippen LogP contribution in [-0.2, 0) is 11.2 Å². The number of piperazine rings is 1. The molecule has 5 rings (SSSR count). The van der Waals surface area contributed by atoms with E-state index in [0.717, 1.165) is 46.8 Å². The van der Waals surface area contributed by atoms with Gasteiger partial charge in [-0.05, 0) is 23.3 Å². The molecule has 7 heteroatoms. The number of carbonyl (C=O) groups is 1. The zero-order chi connectivity index (χ0) is 21.2. The van der Waals surface area contributed by atoms with Gasteiger partial charge in [-0.25, -0.2) is 9.97 Å². The fraction of sp³-hybridized carbons (Fsp3) is 0.208. The standard InChI is InChI=1S/C24H22ClN5O/c25-20-9-5-4-8-18(20)14-22(31)29-10-12-30(13-11-29)24-19-15-21(17-6-2-1-3-7-17)28-23(19)26-16-27-24/h1-9,15-16H,10-14H2,(H,26,27,28). The SMILES string of the molecule is O=C(Cc1ccccc1Cl)N1CCN(c2ncnc3[nH]c(-c4ccccc4)cc23)CC1. The lowest BCUT2D eigenvalue weighted by atomic mass is 10.1. The summed E-state index contributed by atoms with van der Waals surface area (Å²) in [7, 11) is 0. The Bertz CT molecular complexity index is 1220. The first kappa shape index (κ1) is 19.6. The van der Waals surface area contributed by atoms with Gasteiger partial charge in [0.15, 0.2) is 0 Å². The first-order chi connectivity index (χ1) is 15.2. The van der Waals surface area contributed by atoms with Crippen molar-refractivity contribution in [2.75, 3.05) is 31.1 Å². The molecule has 0 spiro atoms. The first-order valence-electron chi connectivity index (χ1n) is 10.3. The van der Waals surface area contributed by atoms with Crippen molar-refractivity contribution >= 4 is 34.4 Å². The molecular formula is C24H22ClN5O. The number of hydrogen-bond donors (Lipinski definition) is 1. The Hall–Kier alpha value is -3.38. The topological polar surface area (TPSA) is 65.1 Å². The van der Waals surface area contributed by atoms with E-state index < -0.39 is 0 Å². The van der Waals surface area contributed by atoms with E-state index in [2.05, 4.69) is 38.1 Å². The molecule has 31 heavy (non-hydrogen) atoms. The molecule has 1 saturated heterocycles. The van der Waals surface area contributed by atoms with Crippen LogP contribution in [-0.4, -0.2) is 51.9 Å². The highest BCUT2D eigenvalue weighted by molar-refractivity contribution is 6.31. The quantitative estimate of drug-likeness (QED) is 0.526. The Morgan fingerprint density at radius 3 is 2.48 bits per heavy atom. The van der Waals surface area contributed by atoms with Crippen LogP contribution in [0.2, 0.25) is 5.02 Å². The number of nitrogens with one attached hydrogen (secondary N) is 1. The second-order valence-electron chi connectivity index (χ2n) is 7.64. The molecule has 4 aromatic rings. The molecule has 1 aliphatic heterocycles. The summed E-state index contributed by atoms with van der Waals surface area (Å²) in [5, 5.41) is 1.64. The summed E-state index contributed by atoms with van der Waals surface area (Å²) in [6.45, 7) is 2.77. The van der Waals surface area contributed by atoms with E-state index in [9.17, 15) is 4.79 Å². The van der Waals surface area contributed by atoms with Crippen molar-refractivity contribution in [2.45, 2.75) is 6.42 Å². The third-order valence-electron chi connectivity index (χ3n) is 5.72. The molecule has 3 heterocycles. The summed E-state index contributed by atoms with van der Waals surface area (Å²) in [6, 6.07) is 19.8. The number of benzene rings is 2. The van der Waals surface area contributed by atoms with Gasteiger partial charge in [-0.3, -0.25) is 4.79 Å². The molecular weight excluding hydrogens is 410 g/mol. The third-order valence-corrected chi connectivity index (χ3v) is 6.09. The smallest absolute Gasteiger partial charge is 0.227 e. The number of anilines is 1. The number of amides is 1. The second kappa shape index (κ2) is 8.40. The minimum absolute atomic E-state index is 0.105. The van der Waals surface area contributed by atoms with Gasteiger partial charge in [0.25, 0.3) is 0 Å². The maximum Gasteiger partial charge on any atom is 0.227 e. The average molecular weight is 432 g/mol. The van der Waals surface area contributed by atoms with Gasteiger partial charge < -0.3 is 14.8 Å². The summed E-state index contributed by atoms with van der Waals surface area (Å²) >= 11 is 6.22. The Balaban J connectivity index is 1.31. The van der Waals surface area contributed by atoms with Crippen molar-refractivity contribution in [3.63, 3.8) is 0 Å². The Morgan fingerprint density at radius 2 is 1.71 bits per heavy atom. The molecule has 0 bridgehead atoms. The van der Waals surface area contributed by atoms with Crippen molar-refractivity contribution in [3.05, 3.63) is 77.6 Å². The molecule has 0 saturated carbocycles. The summed E-state index contributed by atoms with van der Waals surface area (Å²) in [4.78, 5) is 29.3. The van der Waals surface area contributed by atoms with Crippen LogP contribution in [0.25, 0.3) is 22.3 Å². The van der Waals surface area contributed by atoms with E-state index in [4.69, 9.17) is 11.6 Å². The van der Waals surface area contributed by atoms with Crippen LogP contribution in [0.15, 0.2) is 67.0 Å². The van der Waals surface area contributed by atoms with Crippen LogP contribution in [0.3, 0.4) is 0 Å². The van der Waals surface area contributed by atoms with E-state index in [1.807, 2.05) is 47.4 Å². The lowest BCUT2D eigenvalue weighted by Crippen LogP contribution is -2.49. The molecule has 0 unspecified atom stereocenters. The van der Waals surface area contributed by atoms with Crippen molar-refractivity contribution < 1.29 is 4.79 Å². The normalized spacial score (nSPS) is 14.2. The van der Waals surface area contributed by atoms with Crippen LogP contribution in [0.1, 0.15) is 5.56 Å². The predicted octanol–water partition coefficient (Wildman–Crippen LogP) is 4.17. The van der Waals surface area contributed by atoms with Crippen LogP contribution in [0.5, 0.6) is 0 Å². The summed E-state index contributed by atoms with van der Waals surface area (Å²) in [5.74, 6) is 1.01. The number of carbonyl (C=O) groups excluding carboxylic acids is 1. The number of aromatic nitrogens is 3. The van der Waals surface area contributed by atoms with Gasteiger partial charge in [0.1, 0.15) is 17.8 Å². The molecule has 1 N–H and O–H groups in total. The number of aromatic amines is 1. The van der Waals surface area contributed by atoms with Crippen LogP contribution >= 0.6 is 11.6 Å². The van der Waals surface area contributed by atoms with Crippen molar-refractivity contribution in [3.8, 4) is 11.3 Å². The van der Waals surface area contributed by atoms with Gasteiger partial charge in [0, 0.05) is 36.9 Å². The fourth-order valence-electron chi connectivity index (χ4n) is 4.04. The van der Waals surface area contributed by atoms with Crippen molar-refractivity contribution in [1.29, 1.82) is 0 Å². The number of halogens is 1. The highest BCUT2D eigenvalue weighted by Crippen LogP contribution is 2.29. The maximum atomic E-state index is 12.8. The molecule has 1 aliphatic rings. The van der Waals surface area contributed by atoms with Gasteiger partial charge >= 0.3 is 0 Å². The molecule has 6 nitrogen and oxygen atoms in total. The maximum absolute atomic E-state index is 12.8. The van der Waals surface area contributed by atoms with E-state index in [1.54, 1.807) is 6.33 Å². The van der Waals surface area contributed by atoms with E-state index in [0.29, 0.717) is 24.5 Å². The van der Waals surface area contributed by atoms with Crippen molar-refractivity contribution in [1.82, 2.24) is 19.9 Å². The number of hydrogen-bond acceptors (Lipinski definition) is 4. The van der Waals surface area contributed by atoms with Crippen molar-refractivity contribution in [2.24, 2.45) is 0 Å². The fourth-order valence-corrected chi connectivity index (χ4v) is 4.24. The van der Waals surface area contributed by atoms with Gasteiger partial charge in [-0.15, -0.1) is 0 Å². The number of rotatable bonds is 4. The minimum Gasteiger partial charge on any atom is -0.352 e. The molecule has 0 atom stereocenters. The Morgan fingerprint density at radius 1 is 0.968 bits per heavy atom. The number of nitrogens with zero attached hydrogens (tertiary/aromatic N) is 4. The second-order valence-corrected chi connectivity index (χ2v) is 8.05. The van der Waals surface area contributed by atoms with Crippen LogP contribution in [0.4, 0.5) is 5.82 Å². The zero-order valence-corrected chi connectivity index (χ0v) is 17.7. The van der Waals surface area contributed by atoms with Gasteiger partial charge in [0.2, 0.25) is 5.91 Å². The monoisotopic (exact) mass is 431 g/mol. The number of H-pyrrole nitrogens is 1. The van der Waals surface area contributed by atoms with Gasteiger partial charge in [-0.1, -0.05) is 60.1 Å². The van der Waals surface area contributed by atoms with Gasteiger partial charge in [0.05, 0.1) is 11.8 Å². The van der Waals surface area contributed by atoms with Gasteiger partial charge in [-0.2, -0.15) is 0 Å². The molecule has 0 radical (unpaired) electrons. The minimum atomic E-state index is 0.105. The highest BCUT2D eigenvalue weighted by Gasteiger charge is 2.24. The van der Waals surface area contributed by atoms with E-state index >= 15 is 0 Å². The highest BCUT2D eigenvalue weighted by atomic mass is 35.5. The molecule has 0 aliphatic carbocycles. The largest absolute Gasteiger partial charge is 0.352 e. The lowest BCUT2D eigenvalue weighted by Gasteiger charge is -2.35. The predicted molar refractivity (Wildman–Crippen MR) is 123 cm³/mol. The van der Waals surface area contributed by atoms with Crippen LogP contribution < -0.4 is 4.90 Å². The molecule has 2 aromatic heterocycles. The summed E-state index contributed by atoms with van der Waals surface area (Å²) in [6.07, 6.45) is 1.92. The lowest BCUT2D eigenvalue weighted by molar-refractivity contribution is -0.130. The van der Waals surface area contributed by atoms with E-state index in [1.165, 1.54) is 0 Å². The Labute approximate surface area is 185 Å². The molecule has 156 valence electrons. The summed E-state index contributed by atoms with van der Waals surface area (Å²) in [5.41, 5.74) is 3.82. The Kier molecular flexibility index (Phi) is 5.30. The van der Waals surface area contributed by atoms with E-state index in [-0.39, 0.29) is 5.91 Å². The molecule has 1 amide bonds. The first-order valence-corrected chi connectivity index (χ1v) is 10.7. The molecule has 2 aromatic carbocycles.